The number of rotatable bonds is 6. The lowest BCUT2D eigenvalue weighted by Crippen LogP contribution is -2.16. The Kier molecular flexibility index (Phi) is 5.96. The van der Waals surface area contributed by atoms with Crippen LogP contribution >= 0.6 is 22.9 Å². The number of halogens is 1. The van der Waals surface area contributed by atoms with Crippen LogP contribution in [0.25, 0.3) is 10.6 Å². The Balaban J connectivity index is 1.48. The van der Waals surface area contributed by atoms with Crippen molar-refractivity contribution in [2.75, 3.05) is 27.4 Å². The van der Waals surface area contributed by atoms with Gasteiger partial charge in [-0.3, -0.25) is 0 Å². The molecule has 0 unspecified atom stereocenters. The lowest BCUT2D eigenvalue weighted by molar-refractivity contribution is 0.0467. The predicted molar refractivity (Wildman–Crippen MR) is 112 cm³/mol. The molecule has 3 aromatic rings. The summed E-state index contributed by atoms with van der Waals surface area (Å²) in [6.07, 6.45) is 0. The number of nitrogens with zero attached hydrogens (tertiary/aromatic N) is 1. The molecule has 7 nitrogen and oxygen atoms in total. The molecule has 0 saturated heterocycles. The summed E-state index contributed by atoms with van der Waals surface area (Å²) in [5, 5.41) is 2.87. The molecule has 0 N–H and O–H groups in total. The highest BCUT2D eigenvalue weighted by Crippen LogP contribution is 2.40. The zero-order chi connectivity index (χ0) is 21.1. The summed E-state index contributed by atoms with van der Waals surface area (Å²) in [7, 11) is 3.16. The van der Waals surface area contributed by atoms with E-state index in [0.29, 0.717) is 46.9 Å². The molecule has 1 aliphatic rings. The van der Waals surface area contributed by atoms with Crippen molar-refractivity contribution in [2.24, 2.45) is 0 Å². The van der Waals surface area contributed by atoms with Gasteiger partial charge in [-0.05, 0) is 24.3 Å². The molecule has 2 aromatic carbocycles. The number of carbonyl (C=O) groups excluding carboxylic acids is 1. The van der Waals surface area contributed by atoms with Gasteiger partial charge >= 0.3 is 5.97 Å². The van der Waals surface area contributed by atoms with Crippen molar-refractivity contribution in [3.8, 4) is 33.6 Å². The maximum Gasteiger partial charge on any atom is 0.338 e. The molecule has 2 heterocycles. The molecule has 4 rings (SSSR count). The van der Waals surface area contributed by atoms with Crippen molar-refractivity contribution in [3.63, 3.8) is 0 Å². The van der Waals surface area contributed by atoms with Gasteiger partial charge in [0.15, 0.2) is 23.0 Å². The van der Waals surface area contributed by atoms with Gasteiger partial charge in [-0.2, -0.15) is 0 Å². The van der Waals surface area contributed by atoms with Gasteiger partial charge in [-0.15, -0.1) is 11.3 Å². The van der Waals surface area contributed by atoms with E-state index in [0.717, 1.165) is 10.6 Å². The Hall–Kier alpha value is -2.97. The normalized spacial score (nSPS) is 12.4. The van der Waals surface area contributed by atoms with Crippen LogP contribution in [0.4, 0.5) is 0 Å². The van der Waals surface area contributed by atoms with Crippen LogP contribution in [0.15, 0.2) is 35.7 Å². The summed E-state index contributed by atoms with van der Waals surface area (Å²) >= 11 is 7.61. The molecule has 30 heavy (non-hydrogen) atoms. The summed E-state index contributed by atoms with van der Waals surface area (Å²) in [6.45, 7) is 0.839. The molecule has 9 heteroatoms. The Morgan fingerprint density at radius 2 is 2.03 bits per heavy atom. The summed E-state index contributed by atoms with van der Waals surface area (Å²) < 4.78 is 27.2. The van der Waals surface area contributed by atoms with Crippen molar-refractivity contribution in [1.82, 2.24) is 4.98 Å². The lowest BCUT2D eigenvalue weighted by Gasteiger charge is -2.19. The third kappa shape index (κ3) is 4.01. The van der Waals surface area contributed by atoms with Crippen molar-refractivity contribution in [1.29, 1.82) is 0 Å². The Morgan fingerprint density at radius 3 is 2.83 bits per heavy atom. The molecule has 0 aliphatic carbocycles. The summed E-state index contributed by atoms with van der Waals surface area (Å²) in [5.41, 5.74) is 1.71. The van der Waals surface area contributed by atoms with Gasteiger partial charge in [0, 0.05) is 5.38 Å². The van der Waals surface area contributed by atoms with E-state index < -0.39 is 5.97 Å². The minimum Gasteiger partial charge on any atom is -0.493 e. The van der Waals surface area contributed by atoms with Crippen LogP contribution in [0.3, 0.4) is 0 Å². The van der Waals surface area contributed by atoms with Gasteiger partial charge < -0.3 is 23.7 Å². The van der Waals surface area contributed by atoms with Gasteiger partial charge in [0.05, 0.1) is 36.1 Å². The smallest absolute Gasteiger partial charge is 0.338 e. The molecule has 156 valence electrons. The zero-order valence-corrected chi connectivity index (χ0v) is 17.8. The first kappa shape index (κ1) is 20.3. The molecule has 0 fully saturated rings. The number of para-hydroxylation sites is 1. The third-order valence-corrected chi connectivity index (χ3v) is 5.57. The van der Waals surface area contributed by atoms with Gasteiger partial charge in [-0.25, -0.2) is 9.78 Å². The molecule has 0 atom stereocenters. The average molecular weight is 448 g/mol. The van der Waals surface area contributed by atoms with Crippen LogP contribution in [0.1, 0.15) is 16.1 Å². The van der Waals surface area contributed by atoms with Crippen LogP contribution in [-0.4, -0.2) is 38.4 Å². The van der Waals surface area contributed by atoms with Crippen LogP contribution in [0, 0.1) is 0 Å². The van der Waals surface area contributed by atoms with Crippen LogP contribution in [0.5, 0.6) is 23.0 Å². The Bertz CT molecular complexity index is 1080. The van der Waals surface area contributed by atoms with E-state index in [4.69, 9.17) is 35.3 Å². The van der Waals surface area contributed by atoms with E-state index in [2.05, 4.69) is 4.98 Å². The maximum atomic E-state index is 12.5. The molecule has 0 amide bonds. The summed E-state index contributed by atoms with van der Waals surface area (Å²) in [4.78, 5) is 17.0. The topological polar surface area (TPSA) is 76.1 Å². The number of ether oxygens (including phenoxy) is 5. The second-order valence-electron chi connectivity index (χ2n) is 6.24. The number of aromatic nitrogens is 1. The number of carbonyl (C=O) groups is 1. The van der Waals surface area contributed by atoms with E-state index in [1.807, 2.05) is 23.6 Å². The maximum absolute atomic E-state index is 12.5. The first-order valence-corrected chi connectivity index (χ1v) is 10.3. The second-order valence-corrected chi connectivity index (χ2v) is 7.51. The Labute approximate surface area is 182 Å². The van der Waals surface area contributed by atoms with Crippen molar-refractivity contribution in [3.05, 3.63) is 52.0 Å². The molecule has 1 aliphatic heterocycles. The fourth-order valence-electron chi connectivity index (χ4n) is 3.00. The van der Waals surface area contributed by atoms with E-state index >= 15 is 0 Å². The highest BCUT2D eigenvalue weighted by atomic mass is 35.5. The van der Waals surface area contributed by atoms with Crippen LogP contribution < -0.4 is 18.9 Å². The molecule has 0 radical (unpaired) electrons. The molecule has 1 aromatic heterocycles. The number of hydrogen-bond acceptors (Lipinski definition) is 8. The minimum atomic E-state index is -0.526. The van der Waals surface area contributed by atoms with Gasteiger partial charge in [0.25, 0.3) is 0 Å². The number of thiazole rings is 1. The minimum absolute atomic E-state index is 0.0215. The van der Waals surface area contributed by atoms with Gasteiger partial charge in [-0.1, -0.05) is 17.7 Å². The quantitative estimate of drug-likeness (QED) is 0.511. The van der Waals surface area contributed by atoms with Gasteiger partial charge in [0.1, 0.15) is 24.8 Å². The van der Waals surface area contributed by atoms with Crippen molar-refractivity contribution >= 4 is 28.9 Å². The van der Waals surface area contributed by atoms with Gasteiger partial charge in [0.2, 0.25) is 0 Å². The second kappa shape index (κ2) is 8.81. The lowest BCUT2D eigenvalue weighted by atomic mass is 10.2. The highest BCUT2D eigenvalue weighted by molar-refractivity contribution is 7.13. The number of methoxy groups -OCH3 is 2. The first-order chi connectivity index (χ1) is 14.6. The largest absolute Gasteiger partial charge is 0.493 e. The van der Waals surface area contributed by atoms with Crippen molar-refractivity contribution in [2.45, 2.75) is 6.61 Å². The number of benzene rings is 2. The fraction of sp³-hybridized carbons (Fsp3) is 0.238. The molecular formula is C21H18ClNO6S. The summed E-state index contributed by atoms with van der Waals surface area (Å²) in [5.74, 6) is 1.57. The molecule has 0 bridgehead atoms. The van der Waals surface area contributed by atoms with E-state index in [9.17, 15) is 4.79 Å². The van der Waals surface area contributed by atoms with Crippen molar-refractivity contribution < 1.29 is 28.5 Å². The average Bonchev–Trinajstić information content (AvgIpc) is 3.25. The standard InChI is InChI=1S/C21H18ClNO6S/c1-25-16-5-3-4-14(18(16)26-2)20-23-13(11-30-20)10-29-21(24)12-8-15(22)19-17(9-12)27-6-7-28-19/h3-5,8-9,11H,6-7,10H2,1-2H3. The van der Waals surface area contributed by atoms with E-state index in [-0.39, 0.29) is 12.2 Å². The SMILES string of the molecule is COc1cccc(-c2nc(COC(=O)c3cc(Cl)c4c(c3)OCCO4)cs2)c1OC. The first-order valence-electron chi connectivity index (χ1n) is 9.02. The monoisotopic (exact) mass is 447 g/mol. The van der Waals surface area contributed by atoms with E-state index in [1.54, 1.807) is 20.3 Å². The zero-order valence-electron chi connectivity index (χ0n) is 16.3. The highest BCUT2D eigenvalue weighted by Gasteiger charge is 2.20. The molecular weight excluding hydrogens is 430 g/mol. The number of hydrogen-bond donors (Lipinski definition) is 0. The fourth-order valence-corrected chi connectivity index (χ4v) is 4.10. The number of fused-ring (bicyclic) bond motifs is 1. The molecule has 0 spiro atoms. The predicted octanol–water partition coefficient (Wildman–Crippen LogP) is 4.61. The van der Waals surface area contributed by atoms with E-state index in [1.165, 1.54) is 17.4 Å². The van der Waals surface area contributed by atoms with Crippen LogP contribution in [-0.2, 0) is 11.3 Å². The third-order valence-electron chi connectivity index (χ3n) is 4.37. The number of esters is 1. The summed E-state index contributed by atoms with van der Waals surface area (Å²) in [6, 6.07) is 8.65. The van der Waals surface area contributed by atoms with Crippen LogP contribution in [0.2, 0.25) is 5.02 Å². The Morgan fingerprint density at radius 1 is 1.20 bits per heavy atom. The molecule has 0 saturated carbocycles.